The van der Waals surface area contributed by atoms with Crippen molar-refractivity contribution in [3.8, 4) is 0 Å². The normalized spacial score (nSPS) is 19.3. The van der Waals surface area contributed by atoms with Gasteiger partial charge in [-0.3, -0.25) is 4.79 Å². The molecule has 0 bridgehead atoms. The molecule has 1 saturated heterocycles. The number of unbranched alkanes of at least 4 members (excludes halogenated alkanes) is 47. The molecule has 11 nitrogen and oxygen atoms in total. The quantitative estimate of drug-likeness (QED) is 0.0215. The topological polar surface area (TPSA) is 189 Å². The molecule has 1 aliphatic rings. The minimum absolute atomic E-state index is 0.263. The van der Waals surface area contributed by atoms with Gasteiger partial charge in [-0.1, -0.05) is 321 Å². The zero-order valence-corrected chi connectivity index (χ0v) is 51.9. The Bertz CT molecular complexity index is 1290. The number of allylic oxidation sites excluding steroid dienone is 2. The van der Waals surface area contributed by atoms with Crippen LogP contribution in [0.4, 0.5) is 0 Å². The molecule has 0 radical (unpaired) electrons. The van der Waals surface area contributed by atoms with Crippen molar-refractivity contribution in [2.75, 3.05) is 13.2 Å². The second kappa shape index (κ2) is 57.3. The molecule has 0 saturated carbocycles. The molecule has 470 valence electrons. The molecule has 0 aromatic carbocycles. The highest BCUT2D eigenvalue weighted by molar-refractivity contribution is 5.80. The average Bonchev–Trinajstić information content (AvgIpc) is 3.46. The van der Waals surface area contributed by atoms with E-state index in [1.807, 2.05) is 0 Å². The summed E-state index contributed by atoms with van der Waals surface area (Å²) < 4.78 is 11.2. The fourth-order valence-corrected chi connectivity index (χ4v) is 11.5. The first-order valence-corrected chi connectivity index (χ1v) is 34.6. The van der Waals surface area contributed by atoms with Crippen LogP contribution in [-0.4, -0.2) is 110 Å². The second-order valence-corrected chi connectivity index (χ2v) is 24.6. The largest absolute Gasteiger partial charge is 0.394 e. The average molecular weight is 1120 g/mol. The molecule has 1 heterocycles. The van der Waals surface area contributed by atoms with Gasteiger partial charge in [0, 0.05) is 0 Å². The lowest BCUT2D eigenvalue weighted by molar-refractivity contribution is -0.303. The minimum Gasteiger partial charge on any atom is -0.394 e. The van der Waals surface area contributed by atoms with E-state index < -0.39 is 74.2 Å². The molecule has 1 fully saturated rings. The molecule has 1 aliphatic heterocycles. The number of rotatable bonds is 61. The number of aliphatic hydroxyl groups is 7. The van der Waals surface area contributed by atoms with E-state index in [1.165, 1.54) is 270 Å². The predicted octanol–water partition coefficient (Wildman–Crippen LogP) is 16.3. The van der Waals surface area contributed by atoms with E-state index >= 15 is 0 Å². The standard InChI is InChI=1S/C68H133NO10/c1-3-5-7-9-11-13-15-17-19-21-23-25-27-29-30-31-32-34-36-38-40-42-44-46-48-50-52-54-56-61(72)67(77)69-59(58-78-68-66(76)65(75)64(74)62(57-70)79-68)63(73)60(71)55-53-51-49-47-45-43-41-39-37-35-33-28-26-24-22-20-18-16-14-12-10-8-6-4-2/h29-30,59-66,68,70-76H,3-28,31-58H2,1-2H3,(H,69,77)/b30-29-. The van der Waals surface area contributed by atoms with Crippen LogP contribution in [0.3, 0.4) is 0 Å². The van der Waals surface area contributed by atoms with Crippen molar-refractivity contribution in [1.29, 1.82) is 0 Å². The third kappa shape index (κ3) is 45.0. The van der Waals surface area contributed by atoms with Crippen LogP contribution in [0.25, 0.3) is 0 Å². The van der Waals surface area contributed by atoms with E-state index in [-0.39, 0.29) is 6.42 Å². The molecule has 1 amide bonds. The molecule has 0 aromatic rings. The highest BCUT2D eigenvalue weighted by atomic mass is 16.7. The molecule has 0 aromatic heterocycles. The fraction of sp³-hybridized carbons (Fsp3) is 0.956. The number of carbonyl (C=O) groups excluding carboxylic acids is 1. The van der Waals surface area contributed by atoms with Crippen LogP contribution in [0.5, 0.6) is 0 Å². The molecule has 8 N–H and O–H groups in total. The van der Waals surface area contributed by atoms with Gasteiger partial charge in [-0.15, -0.1) is 0 Å². The molecular formula is C68H133NO10. The first-order chi connectivity index (χ1) is 38.7. The lowest BCUT2D eigenvalue weighted by atomic mass is 9.98. The van der Waals surface area contributed by atoms with Crippen molar-refractivity contribution < 1.29 is 50.0 Å². The van der Waals surface area contributed by atoms with Gasteiger partial charge in [0.2, 0.25) is 5.91 Å². The lowest BCUT2D eigenvalue weighted by Gasteiger charge is -2.40. The lowest BCUT2D eigenvalue weighted by Crippen LogP contribution is -2.60. The van der Waals surface area contributed by atoms with Gasteiger partial charge >= 0.3 is 0 Å². The van der Waals surface area contributed by atoms with E-state index in [0.29, 0.717) is 19.3 Å². The molecular weight excluding hydrogens is 991 g/mol. The zero-order chi connectivity index (χ0) is 57.5. The third-order valence-corrected chi connectivity index (χ3v) is 17.1. The summed E-state index contributed by atoms with van der Waals surface area (Å²) in [5.41, 5.74) is 0. The molecule has 0 aliphatic carbocycles. The number of hydrogen-bond donors (Lipinski definition) is 8. The summed E-state index contributed by atoms with van der Waals surface area (Å²) in [4.78, 5) is 13.2. The number of hydrogen-bond acceptors (Lipinski definition) is 10. The number of ether oxygens (including phenoxy) is 2. The second-order valence-electron chi connectivity index (χ2n) is 24.6. The molecule has 9 atom stereocenters. The van der Waals surface area contributed by atoms with Crippen LogP contribution in [0, 0.1) is 0 Å². The minimum atomic E-state index is -1.66. The Labute approximate surface area is 487 Å². The summed E-state index contributed by atoms with van der Waals surface area (Å²) in [5, 5.41) is 76.5. The van der Waals surface area contributed by atoms with Gasteiger partial charge < -0.3 is 50.5 Å². The van der Waals surface area contributed by atoms with Gasteiger partial charge in [0.1, 0.15) is 36.6 Å². The fourth-order valence-electron chi connectivity index (χ4n) is 11.5. The van der Waals surface area contributed by atoms with E-state index in [1.54, 1.807) is 0 Å². The predicted molar refractivity (Wildman–Crippen MR) is 330 cm³/mol. The maximum atomic E-state index is 13.2. The highest BCUT2D eigenvalue weighted by Gasteiger charge is 2.44. The van der Waals surface area contributed by atoms with E-state index in [2.05, 4.69) is 31.3 Å². The number of carbonyl (C=O) groups is 1. The molecule has 9 unspecified atom stereocenters. The Hall–Kier alpha value is -1.15. The maximum absolute atomic E-state index is 13.2. The van der Waals surface area contributed by atoms with E-state index in [9.17, 15) is 40.5 Å². The van der Waals surface area contributed by atoms with Crippen molar-refractivity contribution in [2.45, 2.75) is 403 Å². The Morgan fingerprint density at radius 3 is 1.06 bits per heavy atom. The smallest absolute Gasteiger partial charge is 0.249 e. The zero-order valence-electron chi connectivity index (χ0n) is 51.9. The van der Waals surface area contributed by atoms with Crippen LogP contribution in [0.15, 0.2) is 12.2 Å². The molecule has 11 heteroatoms. The van der Waals surface area contributed by atoms with Crippen LogP contribution >= 0.6 is 0 Å². The first-order valence-electron chi connectivity index (χ1n) is 34.6. The monoisotopic (exact) mass is 1120 g/mol. The van der Waals surface area contributed by atoms with E-state index in [4.69, 9.17) is 9.47 Å². The number of nitrogens with one attached hydrogen (secondary N) is 1. The molecule has 79 heavy (non-hydrogen) atoms. The van der Waals surface area contributed by atoms with Crippen molar-refractivity contribution in [3.63, 3.8) is 0 Å². The SMILES string of the molecule is CCCCCCCCCCCCCC/C=C\CCCCCCCCCCCCCCC(O)C(=O)NC(COC1OC(CO)C(O)C(O)C1O)C(O)C(O)CCCCCCCCCCCCCCCCCCCCCCCCCC. The van der Waals surface area contributed by atoms with Crippen LogP contribution in [0.2, 0.25) is 0 Å². The van der Waals surface area contributed by atoms with Gasteiger partial charge in [-0.25, -0.2) is 0 Å². The Balaban J connectivity index is 2.21. The summed E-state index contributed by atoms with van der Waals surface area (Å²) in [7, 11) is 0. The Kier molecular flexibility index (Phi) is 55.0. The van der Waals surface area contributed by atoms with Gasteiger partial charge in [-0.05, 0) is 38.5 Å². The summed E-state index contributed by atoms with van der Waals surface area (Å²) in [6.45, 7) is 3.52. The van der Waals surface area contributed by atoms with Crippen LogP contribution < -0.4 is 5.32 Å². The summed E-state index contributed by atoms with van der Waals surface area (Å²) >= 11 is 0. The van der Waals surface area contributed by atoms with Crippen molar-refractivity contribution in [1.82, 2.24) is 5.32 Å². The molecule has 1 rings (SSSR count). The summed E-state index contributed by atoms with van der Waals surface area (Å²) in [6, 6.07) is -1.17. The number of amides is 1. The van der Waals surface area contributed by atoms with Crippen LogP contribution in [-0.2, 0) is 14.3 Å². The number of aliphatic hydroxyl groups excluding tert-OH is 7. The Morgan fingerprint density at radius 2 is 0.734 bits per heavy atom. The van der Waals surface area contributed by atoms with Gasteiger partial charge in [0.05, 0.1) is 25.4 Å². The van der Waals surface area contributed by atoms with Gasteiger partial charge in [0.25, 0.3) is 0 Å². The summed E-state index contributed by atoms with van der Waals surface area (Å²) in [6.07, 6.45) is 58.5. The highest BCUT2D eigenvalue weighted by Crippen LogP contribution is 2.24. The van der Waals surface area contributed by atoms with Crippen LogP contribution in [0.1, 0.15) is 348 Å². The molecule has 0 spiro atoms. The van der Waals surface area contributed by atoms with Crippen molar-refractivity contribution >= 4 is 5.91 Å². The Morgan fingerprint density at radius 1 is 0.430 bits per heavy atom. The summed E-state index contributed by atoms with van der Waals surface area (Å²) in [5.74, 6) is -0.690. The van der Waals surface area contributed by atoms with Crippen molar-refractivity contribution in [3.05, 3.63) is 12.2 Å². The third-order valence-electron chi connectivity index (χ3n) is 17.1. The van der Waals surface area contributed by atoms with Crippen molar-refractivity contribution in [2.24, 2.45) is 0 Å². The van der Waals surface area contributed by atoms with E-state index in [0.717, 1.165) is 38.5 Å². The first kappa shape index (κ1) is 75.9. The maximum Gasteiger partial charge on any atom is 0.249 e. The van der Waals surface area contributed by atoms with Gasteiger partial charge in [0.15, 0.2) is 6.29 Å². The van der Waals surface area contributed by atoms with Gasteiger partial charge in [-0.2, -0.15) is 0 Å².